The molecule has 0 aliphatic carbocycles. The average Bonchev–Trinajstić information content (AvgIpc) is 3.03. The SMILES string of the molecule is CC(O)(CN1CCN(c2ncn[nH]2)CC1)c1ccccc1. The van der Waals surface area contributed by atoms with Gasteiger partial charge >= 0.3 is 0 Å². The van der Waals surface area contributed by atoms with Gasteiger partial charge in [-0.2, -0.15) is 10.1 Å². The number of aromatic amines is 1. The molecular formula is C15H21N5O. The van der Waals surface area contributed by atoms with Gasteiger partial charge in [0.2, 0.25) is 5.95 Å². The fraction of sp³-hybridized carbons (Fsp3) is 0.467. The van der Waals surface area contributed by atoms with Crippen molar-refractivity contribution in [2.75, 3.05) is 37.6 Å². The van der Waals surface area contributed by atoms with Gasteiger partial charge in [-0.3, -0.25) is 4.90 Å². The number of nitrogens with one attached hydrogen (secondary N) is 1. The molecule has 2 N–H and O–H groups in total. The quantitative estimate of drug-likeness (QED) is 0.872. The van der Waals surface area contributed by atoms with Crippen LogP contribution in [0.25, 0.3) is 0 Å². The van der Waals surface area contributed by atoms with E-state index < -0.39 is 5.60 Å². The van der Waals surface area contributed by atoms with E-state index in [4.69, 9.17) is 0 Å². The minimum atomic E-state index is -0.824. The van der Waals surface area contributed by atoms with Crippen LogP contribution >= 0.6 is 0 Å². The Hall–Kier alpha value is -1.92. The van der Waals surface area contributed by atoms with E-state index in [-0.39, 0.29) is 0 Å². The highest BCUT2D eigenvalue weighted by molar-refractivity contribution is 5.28. The van der Waals surface area contributed by atoms with Crippen LogP contribution in [0.3, 0.4) is 0 Å². The summed E-state index contributed by atoms with van der Waals surface area (Å²) in [6.45, 7) is 6.11. The molecule has 2 heterocycles. The van der Waals surface area contributed by atoms with Gasteiger partial charge in [0.05, 0.1) is 5.60 Å². The number of aliphatic hydroxyl groups is 1. The lowest BCUT2D eigenvalue weighted by Crippen LogP contribution is -2.50. The fourth-order valence-corrected chi connectivity index (χ4v) is 2.79. The molecule has 6 nitrogen and oxygen atoms in total. The highest BCUT2D eigenvalue weighted by atomic mass is 16.3. The van der Waals surface area contributed by atoms with Crippen molar-refractivity contribution >= 4 is 5.95 Å². The Balaban J connectivity index is 1.58. The number of β-amino-alcohol motifs (C(OH)–C–C–N with tert-alkyl or cyclic N) is 1. The number of nitrogens with zero attached hydrogens (tertiary/aromatic N) is 4. The van der Waals surface area contributed by atoms with Crippen molar-refractivity contribution in [1.82, 2.24) is 20.1 Å². The second kappa shape index (κ2) is 5.83. The average molecular weight is 287 g/mol. The van der Waals surface area contributed by atoms with Gasteiger partial charge in [0.15, 0.2) is 0 Å². The van der Waals surface area contributed by atoms with Crippen molar-refractivity contribution in [3.8, 4) is 0 Å². The predicted octanol–water partition coefficient (Wildman–Crippen LogP) is 0.834. The molecule has 1 atom stereocenters. The molecule has 0 bridgehead atoms. The van der Waals surface area contributed by atoms with Crippen molar-refractivity contribution in [3.63, 3.8) is 0 Å². The standard InChI is InChI=1S/C15H21N5O/c1-15(21,13-5-3-2-4-6-13)11-19-7-9-20(10-8-19)14-16-12-17-18-14/h2-6,12,21H,7-11H2,1H3,(H,16,17,18). The van der Waals surface area contributed by atoms with E-state index >= 15 is 0 Å². The van der Waals surface area contributed by atoms with Gasteiger partial charge in [-0.1, -0.05) is 30.3 Å². The predicted molar refractivity (Wildman–Crippen MR) is 81.0 cm³/mol. The molecule has 0 radical (unpaired) electrons. The van der Waals surface area contributed by atoms with E-state index in [2.05, 4.69) is 25.0 Å². The molecule has 21 heavy (non-hydrogen) atoms. The van der Waals surface area contributed by atoms with Gasteiger partial charge in [0, 0.05) is 32.7 Å². The summed E-state index contributed by atoms with van der Waals surface area (Å²) in [5.74, 6) is 0.824. The monoisotopic (exact) mass is 287 g/mol. The van der Waals surface area contributed by atoms with Gasteiger partial charge < -0.3 is 10.0 Å². The Kier molecular flexibility index (Phi) is 3.90. The summed E-state index contributed by atoms with van der Waals surface area (Å²) in [5.41, 5.74) is 0.137. The zero-order chi connectivity index (χ0) is 14.7. The molecule has 1 unspecified atom stereocenters. The molecule has 1 aromatic heterocycles. The van der Waals surface area contributed by atoms with Crippen LogP contribution in [0.1, 0.15) is 12.5 Å². The van der Waals surface area contributed by atoms with Crippen LogP contribution in [0.4, 0.5) is 5.95 Å². The summed E-state index contributed by atoms with van der Waals surface area (Å²) < 4.78 is 0. The zero-order valence-electron chi connectivity index (χ0n) is 12.2. The van der Waals surface area contributed by atoms with Crippen LogP contribution in [-0.2, 0) is 5.60 Å². The Morgan fingerprint density at radius 3 is 2.52 bits per heavy atom. The van der Waals surface area contributed by atoms with E-state index in [1.54, 1.807) is 0 Å². The Labute approximate surface area is 124 Å². The minimum absolute atomic E-state index is 0.640. The molecule has 1 fully saturated rings. The van der Waals surface area contributed by atoms with E-state index in [0.717, 1.165) is 37.7 Å². The van der Waals surface area contributed by atoms with Gasteiger partial charge in [-0.25, -0.2) is 5.10 Å². The fourth-order valence-electron chi connectivity index (χ4n) is 2.79. The number of anilines is 1. The largest absolute Gasteiger partial charge is 0.384 e. The smallest absolute Gasteiger partial charge is 0.221 e. The van der Waals surface area contributed by atoms with Gasteiger partial charge in [-0.15, -0.1) is 0 Å². The lowest BCUT2D eigenvalue weighted by atomic mass is 9.95. The third kappa shape index (κ3) is 3.22. The highest BCUT2D eigenvalue weighted by Crippen LogP contribution is 2.22. The lowest BCUT2D eigenvalue weighted by Gasteiger charge is -2.38. The maximum Gasteiger partial charge on any atom is 0.221 e. The number of aromatic nitrogens is 3. The normalized spacial score (nSPS) is 19.4. The van der Waals surface area contributed by atoms with Crippen molar-refractivity contribution in [1.29, 1.82) is 0 Å². The van der Waals surface area contributed by atoms with Gasteiger partial charge in [0.1, 0.15) is 6.33 Å². The molecule has 112 valence electrons. The third-order valence-corrected chi connectivity index (χ3v) is 4.00. The van der Waals surface area contributed by atoms with Crippen LogP contribution < -0.4 is 4.90 Å². The molecule has 1 aliphatic heterocycles. The number of piperazine rings is 1. The topological polar surface area (TPSA) is 68.3 Å². The van der Waals surface area contributed by atoms with Crippen LogP contribution in [0, 0.1) is 0 Å². The molecule has 1 aromatic carbocycles. The van der Waals surface area contributed by atoms with Crippen molar-refractivity contribution < 1.29 is 5.11 Å². The van der Waals surface area contributed by atoms with E-state index in [9.17, 15) is 5.11 Å². The summed E-state index contributed by atoms with van der Waals surface area (Å²) in [6.07, 6.45) is 1.53. The summed E-state index contributed by atoms with van der Waals surface area (Å²) in [6, 6.07) is 9.85. The molecular weight excluding hydrogens is 266 g/mol. The zero-order valence-corrected chi connectivity index (χ0v) is 12.2. The Morgan fingerprint density at radius 2 is 1.90 bits per heavy atom. The Morgan fingerprint density at radius 1 is 1.19 bits per heavy atom. The second-order valence-corrected chi connectivity index (χ2v) is 5.71. The minimum Gasteiger partial charge on any atom is -0.384 e. The second-order valence-electron chi connectivity index (χ2n) is 5.71. The molecule has 3 rings (SSSR count). The summed E-state index contributed by atoms with van der Waals surface area (Å²) in [4.78, 5) is 8.65. The van der Waals surface area contributed by atoms with Crippen LogP contribution in [0.2, 0.25) is 0 Å². The summed E-state index contributed by atoms with van der Waals surface area (Å²) >= 11 is 0. The number of benzene rings is 1. The molecule has 0 amide bonds. The first-order chi connectivity index (χ1) is 10.1. The van der Waals surface area contributed by atoms with Crippen molar-refractivity contribution in [3.05, 3.63) is 42.2 Å². The van der Waals surface area contributed by atoms with Crippen LogP contribution in [0.15, 0.2) is 36.7 Å². The molecule has 1 aliphatic rings. The van der Waals surface area contributed by atoms with Crippen LogP contribution in [-0.4, -0.2) is 57.9 Å². The molecule has 1 saturated heterocycles. The molecule has 2 aromatic rings. The maximum absolute atomic E-state index is 10.7. The van der Waals surface area contributed by atoms with E-state index in [0.29, 0.717) is 6.54 Å². The number of hydrogen-bond acceptors (Lipinski definition) is 5. The third-order valence-electron chi connectivity index (χ3n) is 4.00. The summed E-state index contributed by atoms with van der Waals surface area (Å²) in [7, 11) is 0. The Bertz CT molecular complexity index is 547. The number of hydrogen-bond donors (Lipinski definition) is 2. The number of H-pyrrole nitrogens is 1. The molecule has 0 saturated carbocycles. The summed E-state index contributed by atoms with van der Waals surface area (Å²) in [5, 5.41) is 17.5. The molecule has 0 spiro atoms. The van der Waals surface area contributed by atoms with E-state index in [1.165, 1.54) is 6.33 Å². The first-order valence-corrected chi connectivity index (χ1v) is 7.26. The lowest BCUT2D eigenvalue weighted by molar-refractivity contribution is 0.0142. The first kappa shape index (κ1) is 14.0. The van der Waals surface area contributed by atoms with Crippen LogP contribution in [0.5, 0.6) is 0 Å². The number of rotatable bonds is 4. The highest BCUT2D eigenvalue weighted by Gasteiger charge is 2.28. The van der Waals surface area contributed by atoms with E-state index in [1.807, 2.05) is 37.3 Å². The first-order valence-electron chi connectivity index (χ1n) is 7.26. The van der Waals surface area contributed by atoms with Gasteiger partial charge in [0.25, 0.3) is 0 Å². The molecule has 6 heteroatoms. The van der Waals surface area contributed by atoms with Crippen molar-refractivity contribution in [2.45, 2.75) is 12.5 Å². The van der Waals surface area contributed by atoms with Crippen molar-refractivity contribution in [2.24, 2.45) is 0 Å². The maximum atomic E-state index is 10.7. The van der Waals surface area contributed by atoms with Gasteiger partial charge in [-0.05, 0) is 12.5 Å².